The SMILES string of the molecule is OCCNc1nc(C2CCOC2)cc(N2CCC(N3CCCCC3)CC2)n1. The molecule has 150 valence electrons. The maximum absolute atomic E-state index is 9.13. The molecule has 0 spiro atoms. The van der Waals surface area contributed by atoms with E-state index in [0.29, 0.717) is 18.4 Å². The van der Waals surface area contributed by atoms with Gasteiger partial charge in [-0.2, -0.15) is 4.98 Å². The van der Waals surface area contributed by atoms with Crippen molar-refractivity contribution in [3.63, 3.8) is 0 Å². The molecule has 7 nitrogen and oxygen atoms in total. The lowest BCUT2D eigenvalue weighted by molar-refractivity contribution is 0.141. The van der Waals surface area contributed by atoms with Crippen LogP contribution in [0, 0.1) is 0 Å². The minimum Gasteiger partial charge on any atom is -0.395 e. The zero-order valence-corrected chi connectivity index (χ0v) is 16.3. The van der Waals surface area contributed by atoms with Gasteiger partial charge in [0.2, 0.25) is 5.95 Å². The molecule has 3 fully saturated rings. The summed E-state index contributed by atoms with van der Waals surface area (Å²) in [6.07, 6.45) is 7.56. The van der Waals surface area contributed by atoms with Crippen molar-refractivity contribution in [3.8, 4) is 0 Å². The van der Waals surface area contributed by atoms with Crippen molar-refractivity contribution in [2.24, 2.45) is 0 Å². The van der Waals surface area contributed by atoms with Crippen LogP contribution >= 0.6 is 0 Å². The zero-order chi connectivity index (χ0) is 18.5. The Balaban J connectivity index is 1.44. The number of ether oxygens (including phenoxy) is 1. The Morgan fingerprint density at radius 1 is 1.07 bits per heavy atom. The fraction of sp³-hybridized carbons (Fsp3) is 0.800. The van der Waals surface area contributed by atoms with Gasteiger partial charge in [0.25, 0.3) is 0 Å². The van der Waals surface area contributed by atoms with Crippen LogP contribution in [-0.4, -0.2) is 78.6 Å². The van der Waals surface area contributed by atoms with E-state index >= 15 is 0 Å². The molecule has 1 unspecified atom stereocenters. The number of hydrogen-bond donors (Lipinski definition) is 2. The topological polar surface area (TPSA) is 73.8 Å². The van der Waals surface area contributed by atoms with E-state index < -0.39 is 0 Å². The maximum Gasteiger partial charge on any atom is 0.224 e. The summed E-state index contributed by atoms with van der Waals surface area (Å²) in [5.74, 6) is 2.00. The van der Waals surface area contributed by atoms with Gasteiger partial charge in [0.05, 0.1) is 18.9 Å². The normalized spacial score (nSPS) is 25.1. The van der Waals surface area contributed by atoms with E-state index in [4.69, 9.17) is 14.8 Å². The highest BCUT2D eigenvalue weighted by molar-refractivity contribution is 5.46. The van der Waals surface area contributed by atoms with Crippen molar-refractivity contribution in [1.82, 2.24) is 14.9 Å². The number of aliphatic hydroxyl groups is 1. The van der Waals surface area contributed by atoms with Crippen LogP contribution in [0.1, 0.15) is 50.1 Å². The molecule has 3 saturated heterocycles. The fourth-order valence-electron chi connectivity index (χ4n) is 4.58. The van der Waals surface area contributed by atoms with E-state index in [1.807, 2.05) is 0 Å². The molecule has 1 aromatic rings. The maximum atomic E-state index is 9.13. The highest BCUT2D eigenvalue weighted by Gasteiger charge is 2.27. The fourth-order valence-corrected chi connectivity index (χ4v) is 4.58. The van der Waals surface area contributed by atoms with Crippen LogP contribution in [0.2, 0.25) is 0 Å². The molecule has 0 bridgehead atoms. The minimum absolute atomic E-state index is 0.0800. The Morgan fingerprint density at radius 3 is 2.59 bits per heavy atom. The third-order valence-electron chi connectivity index (χ3n) is 6.17. The minimum atomic E-state index is 0.0800. The van der Waals surface area contributed by atoms with Crippen molar-refractivity contribution in [1.29, 1.82) is 0 Å². The Morgan fingerprint density at radius 2 is 1.89 bits per heavy atom. The molecule has 7 heteroatoms. The first kappa shape index (κ1) is 18.9. The number of nitrogens with zero attached hydrogens (tertiary/aromatic N) is 4. The molecule has 1 aromatic heterocycles. The number of rotatable bonds is 6. The van der Waals surface area contributed by atoms with Gasteiger partial charge in [-0.25, -0.2) is 4.98 Å². The van der Waals surface area contributed by atoms with E-state index in [1.165, 1.54) is 45.2 Å². The standard InChI is InChI=1S/C20H33N5O2/c26-12-7-21-20-22-18(16-6-13-27-15-16)14-19(23-20)25-10-4-17(5-11-25)24-8-2-1-3-9-24/h14,16-17,26H,1-13,15H2,(H,21,22,23). The third kappa shape index (κ3) is 4.70. The number of likely N-dealkylation sites (tertiary alicyclic amines) is 1. The van der Waals surface area contributed by atoms with Gasteiger partial charge in [-0.1, -0.05) is 6.42 Å². The second-order valence-corrected chi connectivity index (χ2v) is 8.00. The predicted molar refractivity (Wildman–Crippen MR) is 106 cm³/mol. The van der Waals surface area contributed by atoms with E-state index in [2.05, 4.69) is 26.2 Å². The van der Waals surface area contributed by atoms with Crippen molar-refractivity contribution >= 4 is 11.8 Å². The van der Waals surface area contributed by atoms with Crippen molar-refractivity contribution in [2.75, 3.05) is 62.8 Å². The molecule has 3 aliphatic heterocycles. The van der Waals surface area contributed by atoms with Gasteiger partial charge in [-0.3, -0.25) is 0 Å². The van der Waals surface area contributed by atoms with Gasteiger partial charge in [0, 0.05) is 44.3 Å². The first-order valence-corrected chi connectivity index (χ1v) is 10.6. The summed E-state index contributed by atoms with van der Waals surface area (Å²) < 4.78 is 5.56. The number of nitrogens with one attached hydrogen (secondary N) is 1. The average molecular weight is 376 g/mol. The Kier molecular flexibility index (Phi) is 6.42. The lowest BCUT2D eigenvalue weighted by Crippen LogP contribution is -2.47. The first-order chi connectivity index (χ1) is 13.3. The van der Waals surface area contributed by atoms with Crippen LogP contribution in [0.3, 0.4) is 0 Å². The van der Waals surface area contributed by atoms with Crippen LogP contribution in [0.4, 0.5) is 11.8 Å². The first-order valence-electron chi connectivity index (χ1n) is 10.6. The Hall–Kier alpha value is -1.44. The van der Waals surface area contributed by atoms with Crippen molar-refractivity contribution in [2.45, 2.75) is 50.5 Å². The second-order valence-electron chi connectivity index (χ2n) is 8.00. The molecule has 1 atom stereocenters. The van der Waals surface area contributed by atoms with Crippen LogP contribution in [0.5, 0.6) is 0 Å². The number of aromatic nitrogens is 2. The lowest BCUT2D eigenvalue weighted by atomic mass is 9.99. The average Bonchev–Trinajstić information content (AvgIpc) is 3.28. The number of anilines is 2. The molecule has 0 amide bonds. The molecule has 3 aliphatic rings. The largest absolute Gasteiger partial charge is 0.395 e. The van der Waals surface area contributed by atoms with Gasteiger partial charge in [-0.15, -0.1) is 0 Å². The monoisotopic (exact) mass is 375 g/mol. The van der Waals surface area contributed by atoms with Crippen LogP contribution < -0.4 is 10.2 Å². The summed E-state index contributed by atoms with van der Waals surface area (Å²) in [7, 11) is 0. The molecule has 0 aromatic carbocycles. The highest BCUT2D eigenvalue weighted by atomic mass is 16.5. The zero-order valence-electron chi connectivity index (χ0n) is 16.3. The second kappa shape index (κ2) is 9.17. The summed E-state index contributed by atoms with van der Waals surface area (Å²) in [6.45, 7) is 6.77. The number of piperidine rings is 2. The van der Waals surface area contributed by atoms with Gasteiger partial charge in [-0.05, 0) is 45.2 Å². The molecule has 0 aliphatic carbocycles. The molecule has 4 rings (SSSR count). The quantitative estimate of drug-likeness (QED) is 0.786. The molecule has 0 radical (unpaired) electrons. The molecular weight excluding hydrogens is 342 g/mol. The molecular formula is C20H33N5O2. The summed E-state index contributed by atoms with van der Waals surface area (Å²) in [5, 5.41) is 12.3. The van der Waals surface area contributed by atoms with Gasteiger partial charge >= 0.3 is 0 Å². The van der Waals surface area contributed by atoms with E-state index in [9.17, 15) is 0 Å². The van der Waals surface area contributed by atoms with Gasteiger partial charge < -0.3 is 25.0 Å². The highest BCUT2D eigenvalue weighted by Crippen LogP contribution is 2.29. The van der Waals surface area contributed by atoms with Crippen molar-refractivity contribution in [3.05, 3.63) is 11.8 Å². The third-order valence-corrected chi connectivity index (χ3v) is 6.17. The summed E-state index contributed by atoms with van der Waals surface area (Å²) in [4.78, 5) is 14.5. The van der Waals surface area contributed by atoms with Crippen LogP contribution in [0.25, 0.3) is 0 Å². The molecule has 27 heavy (non-hydrogen) atoms. The molecule has 2 N–H and O–H groups in total. The summed E-state index contributed by atoms with van der Waals surface area (Å²) in [5.41, 5.74) is 1.07. The van der Waals surface area contributed by atoms with E-state index in [-0.39, 0.29) is 6.61 Å². The smallest absolute Gasteiger partial charge is 0.224 e. The Labute approximate surface area is 162 Å². The van der Waals surface area contributed by atoms with Crippen LogP contribution in [0.15, 0.2) is 6.07 Å². The Bertz CT molecular complexity index is 594. The van der Waals surface area contributed by atoms with Gasteiger partial charge in [0.15, 0.2) is 0 Å². The lowest BCUT2D eigenvalue weighted by Gasteiger charge is -2.40. The van der Waals surface area contributed by atoms with E-state index in [0.717, 1.165) is 50.3 Å². The number of aliphatic hydroxyl groups excluding tert-OH is 1. The predicted octanol–water partition coefficient (Wildman–Crippen LogP) is 1.84. The summed E-state index contributed by atoms with van der Waals surface area (Å²) in [6, 6.07) is 2.89. The molecule has 0 saturated carbocycles. The number of hydrogen-bond acceptors (Lipinski definition) is 7. The van der Waals surface area contributed by atoms with Crippen molar-refractivity contribution < 1.29 is 9.84 Å². The molecule has 4 heterocycles. The van der Waals surface area contributed by atoms with Crippen LogP contribution in [-0.2, 0) is 4.74 Å². The van der Waals surface area contributed by atoms with E-state index in [1.54, 1.807) is 0 Å². The summed E-state index contributed by atoms with van der Waals surface area (Å²) >= 11 is 0. The van der Waals surface area contributed by atoms with Gasteiger partial charge in [0.1, 0.15) is 5.82 Å².